The van der Waals surface area contributed by atoms with E-state index < -0.39 is 51.7 Å². The van der Waals surface area contributed by atoms with E-state index in [0.717, 1.165) is 63.3 Å². The van der Waals surface area contributed by atoms with Crippen molar-refractivity contribution < 1.29 is 27.5 Å². The number of hydrogen-bond donors (Lipinski definition) is 6. The number of anilines is 2. The number of carboxylic acids is 1. The van der Waals surface area contributed by atoms with Crippen molar-refractivity contribution in [2.24, 2.45) is 27.4 Å². The van der Waals surface area contributed by atoms with E-state index in [1.165, 1.54) is 15.5 Å². The Morgan fingerprint density at radius 2 is 1.40 bits per heavy atom. The molecule has 0 amide bonds. The number of halogens is 4. The van der Waals surface area contributed by atoms with Crippen LogP contribution in [-0.2, 0) is 0 Å². The molecule has 4 fully saturated rings. The van der Waals surface area contributed by atoms with Crippen LogP contribution in [0, 0.1) is 40.0 Å². The topological polar surface area (TPSA) is 224 Å². The summed E-state index contributed by atoms with van der Waals surface area (Å²) in [5.74, 6) is -4.66. The number of carboxylic acid groups (broad SMARTS) is 1. The average Bonchev–Trinajstić information content (AvgIpc) is 4.18. The molecule has 346 valence electrons. The molecule has 19 heteroatoms. The van der Waals surface area contributed by atoms with Gasteiger partial charge in [0.05, 0.1) is 27.8 Å². The van der Waals surface area contributed by atoms with Crippen LogP contribution in [0.15, 0.2) is 50.2 Å². The summed E-state index contributed by atoms with van der Waals surface area (Å²) in [5, 5.41) is 29.0. The number of aromatic nitrogens is 2. The molecule has 2 unspecified atom stereocenters. The second kappa shape index (κ2) is 19.1. The second-order valence-corrected chi connectivity index (χ2v) is 18.0. The van der Waals surface area contributed by atoms with E-state index in [0.29, 0.717) is 69.6 Å². The smallest absolute Gasteiger partial charge is 0.341 e. The molecule has 4 aliphatic rings. The van der Waals surface area contributed by atoms with Crippen molar-refractivity contribution in [1.29, 1.82) is 10.8 Å². The standard InChI is InChI=1S/C46H55F4N11O4/c47-34-20-31-36(62)13-17-60(29-7-8-29)39(31)37(49)41(34)58-15-11-25(22-58)18-27(52)19-26(51)6-4-2-1-3-5-14-55-45(53)57-46(54)56-28-12-16-59(23-28)42-35(48)21-32-40(38(42)50)61(30-9-10-30)24-33(43(32)63)44(64)65/h13,17,20-21,24-25,28-30,51-52H,1-12,14-16,18-19,22-23H2,(H,64,65)(H5,53,54,55,56,57). The molecule has 2 saturated carbocycles. The molecule has 0 bridgehead atoms. The van der Waals surface area contributed by atoms with Crippen LogP contribution in [0.25, 0.3) is 21.8 Å². The predicted molar refractivity (Wildman–Crippen MR) is 244 cm³/mol. The first kappa shape index (κ1) is 45.3. The second-order valence-electron chi connectivity index (χ2n) is 18.0. The molecule has 8 rings (SSSR count). The number of rotatable bonds is 18. The van der Waals surface area contributed by atoms with Crippen LogP contribution in [0.4, 0.5) is 28.9 Å². The van der Waals surface area contributed by atoms with Gasteiger partial charge in [0, 0.05) is 81.1 Å². The number of guanidine groups is 2. The van der Waals surface area contributed by atoms with E-state index in [1.54, 1.807) is 15.7 Å². The number of nitrogens with zero attached hydrogens (tertiary/aromatic N) is 6. The van der Waals surface area contributed by atoms with Gasteiger partial charge in [-0.2, -0.15) is 0 Å². The molecule has 2 aliphatic carbocycles. The highest BCUT2D eigenvalue weighted by molar-refractivity contribution is 6.02. The minimum Gasteiger partial charge on any atom is -0.477 e. The first-order valence-electron chi connectivity index (χ1n) is 22.5. The highest BCUT2D eigenvalue weighted by Gasteiger charge is 2.34. The van der Waals surface area contributed by atoms with E-state index >= 15 is 17.6 Å². The maximum atomic E-state index is 16.1. The Labute approximate surface area is 372 Å². The molecule has 65 heavy (non-hydrogen) atoms. The highest BCUT2D eigenvalue weighted by Crippen LogP contribution is 2.42. The molecule has 2 aromatic heterocycles. The van der Waals surface area contributed by atoms with Crippen molar-refractivity contribution in [3.8, 4) is 0 Å². The fraction of sp³-hybridized carbons (Fsp3) is 0.500. The molecule has 2 atom stereocenters. The SMILES string of the molecule is N=C(CCCCCCCN=C(N)NC(N)=NC1CCN(c2c(F)cc3c(=O)c(C(=O)O)cn(C4CC4)c3c2F)C1)CC(=N)CC1CCN(c2c(F)cc3c(=O)ccn(C4CC4)c3c2F)C1. The van der Waals surface area contributed by atoms with Gasteiger partial charge in [0.2, 0.25) is 5.43 Å². The lowest BCUT2D eigenvalue weighted by molar-refractivity contribution is 0.0694. The molecule has 8 N–H and O–H groups in total. The van der Waals surface area contributed by atoms with Gasteiger partial charge in [0.1, 0.15) is 28.6 Å². The summed E-state index contributed by atoms with van der Waals surface area (Å²) in [6, 6.07) is 2.97. The predicted octanol–water partition coefficient (Wildman–Crippen LogP) is 6.73. The van der Waals surface area contributed by atoms with Gasteiger partial charge in [-0.15, -0.1) is 0 Å². The average molecular weight is 902 g/mol. The molecule has 0 spiro atoms. The number of hydrogen-bond acceptors (Lipinski definition) is 9. The molecule has 4 heterocycles. The maximum absolute atomic E-state index is 16.1. The fourth-order valence-electron chi connectivity index (χ4n) is 9.41. The van der Waals surface area contributed by atoms with Gasteiger partial charge in [-0.25, -0.2) is 27.3 Å². The number of benzene rings is 2. The largest absolute Gasteiger partial charge is 0.477 e. The van der Waals surface area contributed by atoms with Gasteiger partial charge in [0.25, 0.3) is 0 Å². The van der Waals surface area contributed by atoms with Gasteiger partial charge in [0.15, 0.2) is 29.0 Å². The first-order valence-corrected chi connectivity index (χ1v) is 22.5. The molecule has 4 aromatic rings. The summed E-state index contributed by atoms with van der Waals surface area (Å²) in [5.41, 5.74) is 10.8. The number of carbonyl (C=O) groups is 1. The Morgan fingerprint density at radius 1 is 0.785 bits per heavy atom. The van der Waals surface area contributed by atoms with Gasteiger partial charge in [-0.3, -0.25) is 19.9 Å². The zero-order chi connectivity index (χ0) is 46.1. The summed E-state index contributed by atoms with van der Waals surface area (Å²) in [6.07, 6.45) is 12.7. The zero-order valence-corrected chi connectivity index (χ0v) is 36.2. The van der Waals surface area contributed by atoms with Crippen molar-refractivity contribution in [3.63, 3.8) is 0 Å². The quantitative estimate of drug-likeness (QED) is 0.0269. The lowest BCUT2D eigenvalue weighted by Crippen LogP contribution is -2.42. The first-order chi connectivity index (χ1) is 31.2. The molecular weight excluding hydrogens is 847 g/mol. The van der Waals surface area contributed by atoms with E-state index in [4.69, 9.17) is 22.3 Å². The van der Waals surface area contributed by atoms with E-state index in [9.17, 15) is 19.5 Å². The minimum atomic E-state index is -1.46. The van der Waals surface area contributed by atoms with Crippen LogP contribution < -0.4 is 37.4 Å². The van der Waals surface area contributed by atoms with Gasteiger partial charge < -0.3 is 46.3 Å². The lowest BCUT2D eigenvalue weighted by atomic mass is 9.96. The fourth-order valence-corrected chi connectivity index (χ4v) is 9.41. The molecule has 2 aliphatic heterocycles. The van der Waals surface area contributed by atoms with E-state index in [1.807, 2.05) is 0 Å². The monoisotopic (exact) mass is 901 g/mol. The summed E-state index contributed by atoms with van der Waals surface area (Å²) >= 11 is 0. The molecule has 2 aromatic carbocycles. The number of aromatic carboxylic acids is 1. The van der Waals surface area contributed by atoms with Crippen LogP contribution in [0.5, 0.6) is 0 Å². The van der Waals surface area contributed by atoms with Crippen LogP contribution >= 0.6 is 0 Å². The zero-order valence-electron chi connectivity index (χ0n) is 36.2. The van der Waals surface area contributed by atoms with Crippen LogP contribution in [0.1, 0.15) is 112 Å². The van der Waals surface area contributed by atoms with Crippen LogP contribution in [-0.4, -0.2) is 82.3 Å². The van der Waals surface area contributed by atoms with Crippen molar-refractivity contribution in [2.45, 2.75) is 108 Å². The molecule has 15 nitrogen and oxygen atoms in total. The van der Waals surface area contributed by atoms with Gasteiger partial charge in [-0.1, -0.05) is 19.3 Å². The molecule has 0 radical (unpaired) electrons. The van der Waals surface area contributed by atoms with E-state index in [2.05, 4.69) is 15.3 Å². The number of pyridine rings is 2. The normalized spacial score (nSPS) is 19.2. The van der Waals surface area contributed by atoms with Crippen molar-refractivity contribution >= 4 is 62.5 Å². The van der Waals surface area contributed by atoms with Gasteiger partial charge >= 0.3 is 5.97 Å². The Kier molecular flexibility index (Phi) is 13.3. The van der Waals surface area contributed by atoms with Crippen LogP contribution in [0.2, 0.25) is 0 Å². The lowest BCUT2D eigenvalue weighted by Gasteiger charge is -2.22. The summed E-state index contributed by atoms with van der Waals surface area (Å²) < 4.78 is 65.9. The summed E-state index contributed by atoms with van der Waals surface area (Å²) in [6.45, 7) is 1.72. The number of unbranched alkanes of at least 4 members (excludes halogenated alkanes) is 4. The van der Waals surface area contributed by atoms with Gasteiger partial charge in [-0.05, 0) is 82.3 Å². The number of nitrogens with two attached hydrogens (primary N) is 2. The Hall–Kier alpha value is -6.27. The summed E-state index contributed by atoms with van der Waals surface area (Å²) in [4.78, 5) is 48.9. The minimum absolute atomic E-state index is 0.0100. The Morgan fingerprint density at radius 3 is 2.09 bits per heavy atom. The molecule has 2 saturated heterocycles. The van der Waals surface area contributed by atoms with Crippen LogP contribution in [0.3, 0.4) is 0 Å². The van der Waals surface area contributed by atoms with Crippen molar-refractivity contribution in [3.05, 3.63) is 79.9 Å². The molecular formula is C46H55F4N11O4. The number of fused-ring (bicyclic) bond motifs is 2. The number of aliphatic imine (C=N–C) groups is 2. The van der Waals surface area contributed by atoms with Crippen molar-refractivity contribution in [2.75, 3.05) is 42.5 Å². The Bertz CT molecular complexity index is 2730. The third-order valence-electron chi connectivity index (χ3n) is 12.9. The Balaban J connectivity index is 0.723. The third-order valence-corrected chi connectivity index (χ3v) is 12.9. The summed E-state index contributed by atoms with van der Waals surface area (Å²) in [7, 11) is 0. The van der Waals surface area contributed by atoms with Crippen molar-refractivity contribution in [1.82, 2.24) is 14.5 Å². The van der Waals surface area contributed by atoms with E-state index in [-0.39, 0.29) is 82.6 Å². The highest BCUT2D eigenvalue weighted by atomic mass is 19.1. The maximum Gasteiger partial charge on any atom is 0.341 e. The third kappa shape index (κ3) is 10.0. The number of nitrogens with one attached hydrogen (secondary N) is 3.